The Morgan fingerprint density at radius 2 is 1.85 bits per heavy atom. The minimum Gasteiger partial charge on any atom is -0.497 e. The maximum Gasteiger partial charge on any atom is 0.127 e. The molecule has 2 aromatic rings. The quantitative estimate of drug-likeness (QED) is 0.501. The number of likely N-dealkylation sites (tertiary alicyclic amines) is 1. The first-order valence-corrected chi connectivity index (χ1v) is 12.7. The van der Waals surface area contributed by atoms with E-state index in [1.54, 1.807) is 7.11 Å². The third-order valence-electron chi connectivity index (χ3n) is 7.56. The molecule has 0 aromatic heterocycles. The Labute approximate surface area is 204 Å². The number of ether oxygens (including phenoxy) is 3. The zero-order valence-corrected chi connectivity index (χ0v) is 20.7. The summed E-state index contributed by atoms with van der Waals surface area (Å²) in [5.74, 6) is 2.14. The Bertz CT molecular complexity index is 1040. The summed E-state index contributed by atoms with van der Waals surface area (Å²) in [5.41, 5.74) is 3.50. The van der Waals surface area contributed by atoms with Crippen molar-refractivity contribution in [2.24, 2.45) is 0 Å². The molecule has 4 nitrogen and oxygen atoms in total. The van der Waals surface area contributed by atoms with E-state index < -0.39 is 0 Å². The van der Waals surface area contributed by atoms with Crippen molar-refractivity contribution in [2.45, 2.75) is 56.7 Å². The standard InChI is InChI=1S/C30H37NO3/c1-30(2)29(23-9-5-4-6-10-23)28(26-16-15-25(32-3)21-27(26)34-30)22-11-13-24(14-12-22)33-20-19-31-17-7-8-18-31/h4-6,9-13,15-16,21,24,28-29H,7-8,14,17-20H2,1-3H3. The van der Waals surface area contributed by atoms with E-state index in [2.05, 4.69) is 73.4 Å². The van der Waals surface area contributed by atoms with Gasteiger partial charge in [-0.05, 0) is 63.4 Å². The maximum atomic E-state index is 6.61. The number of nitrogens with zero attached hydrogens (tertiary/aromatic N) is 1. The van der Waals surface area contributed by atoms with Crippen molar-refractivity contribution in [3.8, 4) is 11.5 Å². The number of benzene rings is 2. The summed E-state index contributed by atoms with van der Waals surface area (Å²) >= 11 is 0. The zero-order chi connectivity index (χ0) is 23.5. The first-order chi connectivity index (χ1) is 16.5. The number of hydrogen-bond donors (Lipinski definition) is 0. The van der Waals surface area contributed by atoms with Crippen molar-refractivity contribution in [3.05, 3.63) is 83.5 Å². The first-order valence-electron chi connectivity index (χ1n) is 12.7. The molecular weight excluding hydrogens is 422 g/mol. The van der Waals surface area contributed by atoms with Crippen LogP contribution in [0.1, 0.15) is 56.1 Å². The van der Waals surface area contributed by atoms with Crippen LogP contribution in [0.2, 0.25) is 0 Å². The van der Waals surface area contributed by atoms with E-state index in [4.69, 9.17) is 14.2 Å². The average molecular weight is 460 g/mol. The minimum atomic E-state index is -0.372. The van der Waals surface area contributed by atoms with E-state index in [0.717, 1.165) is 31.1 Å². The molecule has 3 aliphatic rings. The Hall–Kier alpha value is -2.56. The summed E-state index contributed by atoms with van der Waals surface area (Å²) in [6, 6.07) is 17.1. The molecule has 1 aliphatic carbocycles. The lowest BCUT2D eigenvalue weighted by Gasteiger charge is -2.46. The normalized spacial score (nSPS) is 26.0. The van der Waals surface area contributed by atoms with Gasteiger partial charge < -0.3 is 19.1 Å². The van der Waals surface area contributed by atoms with Crippen molar-refractivity contribution < 1.29 is 14.2 Å². The molecule has 0 bridgehead atoms. The monoisotopic (exact) mass is 459 g/mol. The molecule has 4 heteroatoms. The van der Waals surface area contributed by atoms with Crippen molar-refractivity contribution in [2.75, 3.05) is 33.4 Å². The van der Waals surface area contributed by atoms with Gasteiger partial charge in [0.05, 0.1) is 19.8 Å². The van der Waals surface area contributed by atoms with E-state index in [9.17, 15) is 0 Å². The van der Waals surface area contributed by atoms with E-state index in [0.29, 0.717) is 0 Å². The molecule has 2 aliphatic heterocycles. The molecule has 3 unspecified atom stereocenters. The second kappa shape index (κ2) is 9.97. The van der Waals surface area contributed by atoms with Gasteiger partial charge in [-0.2, -0.15) is 0 Å². The summed E-state index contributed by atoms with van der Waals surface area (Å²) in [6.45, 7) is 8.70. The van der Waals surface area contributed by atoms with E-state index in [1.807, 2.05) is 12.1 Å². The second-order valence-corrected chi connectivity index (χ2v) is 10.2. The smallest absolute Gasteiger partial charge is 0.127 e. The van der Waals surface area contributed by atoms with Gasteiger partial charge >= 0.3 is 0 Å². The fourth-order valence-electron chi connectivity index (χ4n) is 5.85. The number of allylic oxidation sites excluding steroid dienone is 2. The number of hydrogen-bond acceptors (Lipinski definition) is 4. The SMILES string of the molecule is COc1ccc2c(c1)OC(C)(C)C(c1ccccc1)C2C1=CCC(OCCN2CCCC2)C=C1. The van der Waals surface area contributed by atoms with Gasteiger partial charge in [-0.3, -0.25) is 0 Å². The van der Waals surface area contributed by atoms with Gasteiger partial charge in [0.2, 0.25) is 0 Å². The molecule has 2 aromatic carbocycles. The van der Waals surface area contributed by atoms with Gasteiger partial charge in [-0.15, -0.1) is 0 Å². The highest BCUT2D eigenvalue weighted by atomic mass is 16.5. The Morgan fingerprint density at radius 3 is 2.56 bits per heavy atom. The molecule has 180 valence electrons. The fraction of sp³-hybridized carbons (Fsp3) is 0.467. The second-order valence-electron chi connectivity index (χ2n) is 10.2. The summed E-state index contributed by atoms with van der Waals surface area (Å²) in [4.78, 5) is 2.51. The Balaban J connectivity index is 1.40. The van der Waals surface area contributed by atoms with Gasteiger partial charge in [0.15, 0.2) is 0 Å². The summed E-state index contributed by atoms with van der Waals surface area (Å²) in [5, 5.41) is 0. The third-order valence-corrected chi connectivity index (χ3v) is 7.56. The van der Waals surface area contributed by atoms with Crippen LogP contribution in [0.5, 0.6) is 11.5 Å². The van der Waals surface area contributed by atoms with Crippen LogP contribution in [0.25, 0.3) is 0 Å². The predicted molar refractivity (Wildman–Crippen MR) is 137 cm³/mol. The molecule has 0 saturated carbocycles. The Kier molecular flexibility index (Phi) is 6.80. The third kappa shape index (κ3) is 4.80. The summed E-state index contributed by atoms with van der Waals surface area (Å²) in [7, 11) is 1.70. The Morgan fingerprint density at radius 1 is 1.06 bits per heavy atom. The highest BCUT2D eigenvalue weighted by Crippen LogP contribution is 2.54. The topological polar surface area (TPSA) is 30.9 Å². The summed E-state index contributed by atoms with van der Waals surface area (Å²) < 4.78 is 18.3. The van der Waals surface area contributed by atoms with Crippen molar-refractivity contribution in [3.63, 3.8) is 0 Å². The largest absolute Gasteiger partial charge is 0.497 e. The van der Waals surface area contributed by atoms with Crippen LogP contribution >= 0.6 is 0 Å². The first kappa shape index (κ1) is 23.2. The fourth-order valence-corrected chi connectivity index (χ4v) is 5.85. The lowest BCUT2D eigenvalue weighted by molar-refractivity contribution is 0.0518. The van der Waals surface area contributed by atoms with Gasteiger partial charge in [0.1, 0.15) is 17.1 Å². The molecule has 0 radical (unpaired) electrons. The lowest BCUT2D eigenvalue weighted by Crippen LogP contribution is -2.43. The van der Waals surface area contributed by atoms with Gasteiger partial charge in [-0.25, -0.2) is 0 Å². The number of rotatable bonds is 7. The van der Waals surface area contributed by atoms with Crippen LogP contribution in [0, 0.1) is 0 Å². The van der Waals surface area contributed by atoms with Crippen LogP contribution in [0.15, 0.2) is 72.3 Å². The van der Waals surface area contributed by atoms with Crippen molar-refractivity contribution >= 4 is 0 Å². The van der Waals surface area contributed by atoms with E-state index in [-0.39, 0.29) is 23.5 Å². The van der Waals surface area contributed by atoms with E-state index >= 15 is 0 Å². The molecule has 1 saturated heterocycles. The molecule has 0 amide bonds. The highest BCUT2D eigenvalue weighted by Gasteiger charge is 2.46. The van der Waals surface area contributed by atoms with Gasteiger partial charge in [0.25, 0.3) is 0 Å². The average Bonchev–Trinajstić information content (AvgIpc) is 3.37. The zero-order valence-electron chi connectivity index (χ0n) is 20.7. The van der Waals surface area contributed by atoms with Gasteiger partial charge in [-0.1, -0.05) is 54.6 Å². The predicted octanol–water partition coefficient (Wildman–Crippen LogP) is 6.10. The molecule has 1 fully saturated rings. The molecule has 34 heavy (non-hydrogen) atoms. The van der Waals surface area contributed by atoms with Crippen LogP contribution in [-0.2, 0) is 4.74 Å². The number of fused-ring (bicyclic) bond motifs is 1. The van der Waals surface area contributed by atoms with Crippen LogP contribution in [0.4, 0.5) is 0 Å². The molecule has 2 heterocycles. The van der Waals surface area contributed by atoms with Crippen molar-refractivity contribution in [1.82, 2.24) is 4.90 Å². The van der Waals surface area contributed by atoms with Crippen LogP contribution in [-0.4, -0.2) is 50.0 Å². The highest BCUT2D eigenvalue weighted by molar-refractivity contribution is 5.53. The molecule has 0 N–H and O–H groups in total. The van der Waals surface area contributed by atoms with Crippen LogP contribution in [0.3, 0.4) is 0 Å². The minimum absolute atomic E-state index is 0.157. The number of methoxy groups -OCH3 is 1. The molecular formula is C30H37NO3. The molecule has 0 spiro atoms. The van der Waals surface area contributed by atoms with Crippen LogP contribution < -0.4 is 9.47 Å². The van der Waals surface area contributed by atoms with Crippen molar-refractivity contribution in [1.29, 1.82) is 0 Å². The lowest BCUT2D eigenvalue weighted by atomic mass is 9.67. The maximum absolute atomic E-state index is 6.61. The summed E-state index contributed by atoms with van der Waals surface area (Å²) in [6.07, 6.45) is 10.7. The molecule has 5 rings (SSSR count). The van der Waals surface area contributed by atoms with Gasteiger partial charge in [0, 0.05) is 30.0 Å². The molecule has 3 atom stereocenters. The van der Waals surface area contributed by atoms with E-state index in [1.165, 1.54) is 42.6 Å².